The lowest BCUT2D eigenvalue weighted by Gasteiger charge is -1.98. The second-order valence-electron chi connectivity index (χ2n) is 4.39. The average molecular weight is 318 g/mol. The van der Waals surface area contributed by atoms with Crippen LogP contribution in [0, 0.1) is 6.92 Å². The van der Waals surface area contributed by atoms with Crippen molar-refractivity contribution < 1.29 is 4.52 Å². The first kappa shape index (κ1) is 14.1. The van der Waals surface area contributed by atoms with Gasteiger partial charge in [0.2, 0.25) is 5.82 Å². The van der Waals surface area contributed by atoms with Crippen molar-refractivity contribution in [3.63, 3.8) is 0 Å². The van der Waals surface area contributed by atoms with E-state index in [9.17, 15) is 0 Å². The summed E-state index contributed by atoms with van der Waals surface area (Å²) in [7, 11) is 0. The molecular weight excluding hydrogens is 304 g/mol. The second kappa shape index (κ2) is 5.87. The third kappa shape index (κ3) is 2.79. The van der Waals surface area contributed by atoms with E-state index >= 15 is 0 Å². The molecule has 2 N–H and O–H groups in total. The summed E-state index contributed by atoms with van der Waals surface area (Å²) in [5, 5.41) is 4.62. The van der Waals surface area contributed by atoms with Gasteiger partial charge in [0.15, 0.2) is 0 Å². The Bertz CT molecular complexity index is 729. The van der Waals surface area contributed by atoms with E-state index in [2.05, 4.69) is 33.6 Å². The molecule has 0 aliphatic heterocycles. The van der Waals surface area contributed by atoms with Gasteiger partial charge in [-0.3, -0.25) is 0 Å². The predicted octanol–water partition coefficient (Wildman–Crippen LogP) is 3.86. The third-order valence-electron chi connectivity index (χ3n) is 2.95. The second-order valence-corrected chi connectivity index (χ2v) is 6.53. The zero-order chi connectivity index (χ0) is 14.8. The smallest absolute Gasteiger partial charge is 0.263 e. The van der Waals surface area contributed by atoms with Crippen LogP contribution in [-0.4, -0.2) is 20.3 Å². The SMILES string of the molecule is CCSc1ccc(-c2noc(-c3c(C)nsc3N)n2)cc1. The number of anilines is 1. The van der Waals surface area contributed by atoms with Crippen LogP contribution in [-0.2, 0) is 0 Å². The number of rotatable bonds is 4. The molecule has 0 amide bonds. The zero-order valence-corrected chi connectivity index (χ0v) is 13.3. The molecule has 0 saturated carbocycles. The van der Waals surface area contributed by atoms with Gasteiger partial charge in [-0.05, 0) is 48.5 Å². The highest BCUT2D eigenvalue weighted by Gasteiger charge is 2.18. The monoisotopic (exact) mass is 318 g/mol. The number of aromatic nitrogens is 3. The Labute approximate surface area is 130 Å². The largest absolute Gasteiger partial charge is 0.389 e. The Morgan fingerprint density at radius 1 is 1.29 bits per heavy atom. The van der Waals surface area contributed by atoms with Gasteiger partial charge in [0.25, 0.3) is 5.89 Å². The maximum atomic E-state index is 5.90. The highest BCUT2D eigenvalue weighted by molar-refractivity contribution is 7.99. The van der Waals surface area contributed by atoms with Crippen LogP contribution >= 0.6 is 23.3 Å². The Morgan fingerprint density at radius 3 is 2.67 bits per heavy atom. The number of nitrogens with zero attached hydrogens (tertiary/aromatic N) is 3. The van der Waals surface area contributed by atoms with E-state index in [1.54, 1.807) is 11.8 Å². The van der Waals surface area contributed by atoms with Gasteiger partial charge in [-0.2, -0.15) is 9.36 Å². The maximum Gasteiger partial charge on any atom is 0.263 e. The first-order valence-electron chi connectivity index (χ1n) is 6.48. The summed E-state index contributed by atoms with van der Waals surface area (Å²) >= 11 is 3.03. The van der Waals surface area contributed by atoms with Gasteiger partial charge < -0.3 is 10.3 Å². The minimum Gasteiger partial charge on any atom is -0.389 e. The van der Waals surface area contributed by atoms with E-state index in [0.717, 1.165) is 22.6 Å². The summed E-state index contributed by atoms with van der Waals surface area (Å²) in [6.45, 7) is 4.01. The first-order valence-corrected chi connectivity index (χ1v) is 8.24. The van der Waals surface area contributed by atoms with Gasteiger partial charge in [0.05, 0.1) is 11.3 Å². The summed E-state index contributed by atoms with van der Waals surface area (Å²) in [6, 6.07) is 8.11. The molecule has 108 valence electrons. The van der Waals surface area contributed by atoms with Crippen LogP contribution in [0.4, 0.5) is 5.00 Å². The van der Waals surface area contributed by atoms with Crippen molar-refractivity contribution in [1.82, 2.24) is 14.5 Å². The fraction of sp³-hybridized carbons (Fsp3) is 0.214. The third-order valence-corrected chi connectivity index (χ3v) is 4.61. The highest BCUT2D eigenvalue weighted by atomic mass is 32.2. The molecule has 0 unspecified atom stereocenters. The van der Waals surface area contributed by atoms with E-state index in [4.69, 9.17) is 10.3 Å². The van der Waals surface area contributed by atoms with E-state index in [1.807, 2.05) is 19.1 Å². The first-order chi connectivity index (χ1) is 10.2. The van der Waals surface area contributed by atoms with Crippen LogP contribution < -0.4 is 5.73 Å². The quantitative estimate of drug-likeness (QED) is 0.736. The molecule has 2 aromatic heterocycles. The van der Waals surface area contributed by atoms with Crippen LogP contribution in [0.5, 0.6) is 0 Å². The topological polar surface area (TPSA) is 77.8 Å². The molecule has 0 fully saturated rings. The molecule has 2 heterocycles. The summed E-state index contributed by atoms with van der Waals surface area (Å²) in [4.78, 5) is 5.65. The molecule has 0 saturated heterocycles. The fourth-order valence-corrected chi connectivity index (χ4v) is 3.27. The normalized spacial score (nSPS) is 11.0. The summed E-state index contributed by atoms with van der Waals surface area (Å²) in [6.07, 6.45) is 0. The average Bonchev–Trinajstić information content (AvgIpc) is 3.07. The lowest BCUT2D eigenvalue weighted by atomic mass is 10.2. The van der Waals surface area contributed by atoms with Crippen LogP contribution in [0.15, 0.2) is 33.7 Å². The van der Waals surface area contributed by atoms with Gasteiger partial charge in [0, 0.05) is 10.5 Å². The highest BCUT2D eigenvalue weighted by Crippen LogP contribution is 2.32. The van der Waals surface area contributed by atoms with Crippen molar-refractivity contribution in [2.75, 3.05) is 11.5 Å². The van der Waals surface area contributed by atoms with Gasteiger partial charge in [-0.25, -0.2) is 0 Å². The molecule has 0 bridgehead atoms. The molecule has 0 aliphatic carbocycles. The van der Waals surface area contributed by atoms with E-state index in [0.29, 0.717) is 16.7 Å². The Kier molecular flexibility index (Phi) is 3.94. The number of nitrogen functional groups attached to an aromatic ring is 1. The molecular formula is C14H14N4OS2. The summed E-state index contributed by atoms with van der Waals surface area (Å²) in [5.74, 6) is 2.03. The minimum absolute atomic E-state index is 0.417. The van der Waals surface area contributed by atoms with Crippen molar-refractivity contribution in [2.45, 2.75) is 18.7 Å². The number of benzene rings is 1. The van der Waals surface area contributed by atoms with Crippen LogP contribution in [0.25, 0.3) is 22.8 Å². The number of nitrogens with two attached hydrogens (primary N) is 1. The molecule has 21 heavy (non-hydrogen) atoms. The van der Waals surface area contributed by atoms with Crippen molar-refractivity contribution in [3.8, 4) is 22.8 Å². The van der Waals surface area contributed by atoms with Gasteiger partial charge >= 0.3 is 0 Å². The van der Waals surface area contributed by atoms with Crippen molar-refractivity contribution in [2.24, 2.45) is 0 Å². The molecule has 7 heteroatoms. The van der Waals surface area contributed by atoms with Crippen LogP contribution in [0.3, 0.4) is 0 Å². The molecule has 3 rings (SSSR count). The van der Waals surface area contributed by atoms with Crippen molar-refractivity contribution in [1.29, 1.82) is 0 Å². The van der Waals surface area contributed by atoms with E-state index in [-0.39, 0.29) is 0 Å². The summed E-state index contributed by atoms with van der Waals surface area (Å²) < 4.78 is 9.52. The molecule has 3 aromatic rings. The van der Waals surface area contributed by atoms with Crippen LogP contribution in [0.2, 0.25) is 0 Å². The zero-order valence-electron chi connectivity index (χ0n) is 11.7. The van der Waals surface area contributed by atoms with Gasteiger partial charge in [-0.1, -0.05) is 12.1 Å². The Hall–Kier alpha value is -1.86. The molecule has 0 spiro atoms. The maximum absolute atomic E-state index is 5.90. The molecule has 1 aromatic carbocycles. The number of aryl methyl sites for hydroxylation is 1. The lowest BCUT2D eigenvalue weighted by Crippen LogP contribution is -1.86. The number of hydrogen-bond donors (Lipinski definition) is 1. The number of hydrogen-bond acceptors (Lipinski definition) is 7. The lowest BCUT2D eigenvalue weighted by molar-refractivity contribution is 0.432. The van der Waals surface area contributed by atoms with Crippen LogP contribution in [0.1, 0.15) is 12.6 Å². The molecule has 0 radical (unpaired) electrons. The van der Waals surface area contributed by atoms with Gasteiger partial charge in [0.1, 0.15) is 5.00 Å². The van der Waals surface area contributed by atoms with Gasteiger partial charge in [-0.15, -0.1) is 11.8 Å². The number of thioether (sulfide) groups is 1. The molecule has 5 nitrogen and oxygen atoms in total. The van der Waals surface area contributed by atoms with E-state index in [1.165, 1.54) is 16.4 Å². The predicted molar refractivity (Wildman–Crippen MR) is 86.4 cm³/mol. The minimum atomic E-state index is 0.417. The molecule has 0 atom stereocenters. The fourth-order valence-electron chi connectivity index (χ4n) is 1.96. The van der Waals surface area contributed by atoms with E-state index < -0.39 is 0 Å². The molecule has 0 aliphatic rings. The Balaban J connectivity index is 1.91. The standard InChI is InChI=1S/C14H14N4OS2/c1-3-20-10-6-4-9(5-7-10)13-16-14(19-17-13)11-8(2)18-21-12(11)15/h4-7H,3,15H2,1-2H3. The van der Waals surface area contributed by atoms with Crippen molar-refractivity contribution >= 4 is 28.3 Å². The van der Waals surface area contributed by atoms with Crippen molar-refractivity contribution in [3.05, 3.63) is 30.0 Å². The summed E-state index contributed by atoms with van der Waals surface area (Å²) in [5.41, 5.74) is 8.36. The Morgan fingerprint density at radius 2 is 2.05 bits per heavy atom.